The van der Waals surface area contributed by atoms with Gasteiger partial charge in [0.1, 0.15) is 6.26 Å². The summed E-state index contributed by atoms with van der Waals surface area (Å²) in [6, 6.07) is 0. The minimum absolute atomic E-state index is 0.292. The van der Waals surface area contributed by atoms with Crippen molar-refractivity contribution in [2.24, 2.45) is 46.8 Å². The first kappa shape index (κ1) is 24.3. The normalized spacial score (nSPS) is 41.1. The molecule has 7 unspecified atom stereocenters. The van der Waals surface area contributed by atoms with Gasteiger partial charge in [-0.05, 0) is 118 Å². The molecule has 190 valence electrons. The summed E-state index contributed by atoms with van der Waals surface area (Å²) in [5, 5.41) is 0. The van der Waals surface area contributed by atoms with Crippen LogP contribution in [0, 0.1) is 46.8 Å². The summed E-state index contributed by atoms with van der Waals surface area (Å²) in [7, 11) is 0. The molecule has 5 heteroatoms. The van der Waals surface area contributed by atoms with E-state index in [1.165, 1.54) is 83.3 Å². The van der Waals surface area contributed by atoms with Crippen molar-refractivity contribution in [1.82, 2.24) is 9.88 Å². The summed E-state index contributed by atoms with van der Waals surface area (Å²) < 4.78 is 10.2. The smallest absolute Gasteiger partial charge is 0.226 e. The first-order chi connectivity index (χ1) is 16.6. The van der Waals surface area contributed by atoms with E-state index in [0.717, 1.165) is 61.8 Å². The van der Waals surface area contributed by atoms with Gasteiger partial charge in [0.05, 0.1) is 6.20 Å². The van der Waals surface area contributed by atoms with Gasteiger partial charge in [0.2, 0.25) is 5.91 Å². The van der Waals surface area contributed by atoms with Gasteiger partial charge in [-0.1, -0.05) is 6.92 Å². The maximum Gasteiger partial charge on any atom is 0.226 e. The van der Waals surface area contributed by atoms with E-state index in [2.05, 4.69) is 28.1 Å². The van der Waals surface area contributed by atoms with Crippen molar-refractivity contribution in [2.75, 3.05) is 26.3 Å². The minimum Gasteiger partial charge on any atom is -0.452 e. The number of likely N-dealkylation sites (tertiary alicyclic amines) is 1. The molecule has 0 radical (unpaired) electrons. The second-order valence-electron chi connectivity index (χ2n) is 12.2. The molecule has 1 aromatic heterocycles. The van der Waals surface area contributed by atoms with Crippen LogP contribution in [0.2, 0.25) is 0 Å². The Morgan fingerprint density at radius 1 is 1.06 bits per heavy atom. The Hall–Kier alpha value is -1.36. The standard InChI is InChI=1S/C26H43NO2.C3H3NO/c1-3-29-17-18-6-8-20-19(16-18)7-9-22-21(20)12-13-26(2)23(22)10-11-24(26)25(28)27-14-4-5-15-27;1-2-5-3-4-1/h18-24H,3-17H2,1-2H3;1-3H/t18?,19?,20?,21?,22?,23?,24-,26?;/m1./s1. The lowest BCUT2D eigenvalue weighted by Gasteiger charge is -2.56. The molecule has 8 atom stereocenters. The number of ether oxygens (including phenoxy) is 1. The number of oxazole rings is 1. The number of carbonyl (C=O) groups is 1. The molecule has 5 aliphatic rings. The Bertz CT molecular complexity index is 759. The van der Waals surface area contributed by atoms with Crippen LogP contribution in [0.3, 0.4) is 0 Å². The third kappa shape index (κ3) is 4.70. The third-order valence-electron chi connectivity index (χ3n) is 10.7. The van der Waals surface area contributed by atoms with Crippen LogP contribution >= 0.6 is 0 Å². The second kappa shape index (κ2) is 10.7. The van der Waals surface area contributed by atoms with Gasteiger partial charge in [-0.3, -0.25) is 4.79 Å². The van der Waals surface area contributed by atoms with Crippen LogP contribution in [0.5, 0.6) is 0 Å². The van der Waals surface area contributed by atoms with Crippen LogP contribution < -0.4 is 0 Å². The van der Waals surface area contributed by atoms with Gasteiger partial charge in [0.25, 0.3) is 0 Å². The van der Waals surface area contributed by atoms with E-state index >= 15 is 0 Å². The fourth-order valence-corrected chi connectivity index (χ4v) is 9.13. The number of aromatic nitrogens is 1. The number of amides is 1. The predicted octanol–water partition coefficient (Wildman–Crippen LogP) is 6.20. The lowest BCUT2D eigenvalue weighted by Crippen LogP contribution is -2.50. The Balaban J connectivity index is 0.000000429. The van der Waals surface area contributed by atoms with Gasteiger partial charge in [-0.25, -0.2) is 4.98 Å². The highest BCUT2D eigenvalue weighted by Crippen LogP contribution is 2.64. The van der Waals surface area contributed by atoms with Crippen molar-refractivity contribution >= 4 is 5.91 Å². The predicted molar refractivity (Wildman–Crippen MR) is 133 cm³/mol. The van der Waals surface area contributed by atoms with Crippen molar-refractivity contribution in [3.63, 3.8) is 0 Å². The fraction of sp³-hybridized carbons (Fsp3) is 0.862. The van der Waals surface area contributed by atoms with Crippen LogP contribution in [0.1, 0.15) is 84.5 Å². The van der Waals surface area contributed by atoms with Gasteiger partial charge in [0, 0.05) is 32.2 Å². The monoisotopic (exact) mass is 470 g/mol. The molecule has 34 heavy (non-hydrogen) atoms. The van der Waals surface area contributed by atoms with E-state index in [4.69, 9.17) is 4.74 Å². The van der Waals surface area contributed by atoms with E-state index in [1.54, 1.807) is 6.20 Å². The van der Waals surface area contributed by atoms with Crippen LogP contribution in [0.15, 0.2) is 23.3 Å². The third-order valence-corrected chi connectivity index (χ3v) is 10.7. The SMILES string of the molecule is CCOCC1CCC2C(CCC3C2CCC2(C)C3CC[C@@H]2C(=O)N2CCCC2)C1.c1cocn1. The molecule has 0 N–H and O–H groups in total. The van der Waals surface area contributed by atoms with E-state index in [1.807, 2.05) is 0 Å². The maximum absolute atomic E-state index is 13.3. The van der Waals surface area contributed by atoms with Crippen molar-refractivity contribution in [1.29, 1.82) is 0 Å². The fourth-order valence-electron chi connectivity index (χ4n) is 9.13. The average molecular weight is 471 g/mol. The largest absolute Gasteiger partial charge is 0.452 e. The Morgan fingerprint density at radius 3 is 2.59 bits per heavy atom. The van der Waals surface area contributed by atoms with E-state index < -0.39 is 0 Å². The minimum atomic E-state index is 0.292. The molecule has 2 heterocycles. The molecule has 1 amide bonds. The Morgan fingerprint density at radius 2 is 1.88 bits per heavy atom. The van der Waals surface area contributed by atoms with Crippen molar-refractivity contribution in [3.05, 3.63) is 18.9 Å². The van der Waals surface area contributed by atoms with Crippen LogP contribution in [0.25, 0.3) is 0 Å². The van der Waals surface area contributed by atoms with Gasteiger partial charge in [-0.2, -0.15) is 0 Å². The Kier molecular flexibility index (Phi) is 7.67. The topological polar surface area (TPSA) is 55.6 Å². The summed E-state index contributed by atoms with van der Waals surface area (Å²) in [6.45, 7) is 8.55. The molecule has 6 rings (SSSR count). The van der Waals surface area contributed by atoms with Crippen LogP contribution in [-0.2, 0) is 9.53 Å². The summed E-state index contributed by atoms with van der Waals surface area (Å²) >= 11 is 0. The Labute approximate surface area is 206 Å². The molecule has 0 bridgehead atoms. The molecule has 4 aliphatic carbocycles. The highest BCUT2D eigenvalue weighted by molar-refractivity contribution is 5.80. The van der Waals surface area contributed by atoms with Crippen LogP contribution in [0.4, 0.5) is 0 Å². The summed E-state index contributed by atoms with van der Waals surface area (Å²) in [6.07, 6.45) is 19.3. The zero-order chi connectivity index (χ0) is 23.5. The van der Waals surface area contributed by atoms with E-state index in [9.17, 15) is 4.79 Å². The molecule has 0 aromatic carbocycles. The van der Waals surface area contributed by atoms with Gasteiger partial charge in [0.15, 0.2) is 6.39 Å². The zero-order valence-corrected chi connectivity index (χ0v) is 21.5. The molecular weight excluding hydrogens is 424 g/mol. The number of hydrogen-bond donors (Lipinski definition) is 0. The number of hydrogen-bond acceptors (Lipinski definition) is 4. The molecule has 5 nitrogen and oxygen atoms in total. The highest BCUT2D eigenvalue weighted by Gasteiger charge is 2.59. The van der Waals surface area contributed by atoms with Gasteiger partial charge >= 0.3 is 0 Å². The lowest BCUT2D eigenvalue weighted by atomic mass is 9.49. The second-order valence-corrected chi connectivity index (χ2v) is 12.2. The maximum atomic E-state index is 13.3. The number of rotatable bonds is 4. The summed E-state index contributed by atoms with van der Waals surface area (Å²) in [4.78, 5) is 19.1. The molecule has 5 fully saturated rings. The lowest BCUT2D eigenvalue weighted by molar-refractivity contribution is -0.142. The average Bonchev–Trinajstić information content (AvgIpc) is 3.64. The molecule has 1 aromatic rings. The van der Waals surface area contributed by atoms with Crippen molar-refractivity contribution < 1.29 is 13.9 Å². The van der Waals surface area contributed by atoms with Crippen molar-refractivity contribution in [2.45, 2.75) is 84.5 Å². The van der Waals surface area contributed by atoms with Gasteiger partial charge < -0.3 is 14.1 Å². The van der Waals surface area contributed by atoms with Crippen molar-refractivity contribution in [3.8, 4) is 0 Å². The number of fused-ring (bicyclic) bond motifs is 5. The molecule has 1 aliphatic heterocycles. The first-order valence-corrected chi connectivity index (χ1v) is 14.3. The molecule has 1 saturated heterocycles. The number of nitrogens with zero attached hydrogens (tertiary/aromatic N) is 2. The quantitative estimate of drug-likeness (QED) is 0.525. The van der Waals surface area contributed by atoms with Crippen LogP contribution in [-0.4, -0.2) is 42.1 Å². The number of carbonyl (C=O) groups excluding carboxylic acids is 1. The summed E-state index contributed by atoms with van der Waals surface area (Å²) in [5.41, 5.74) is 0.292. The van der Waals surface area contributed by atoms with Gasteiger partial charge in [-0.15, -0.1) is 0 Å². The first-order valence-electron chi connectivity index (χ1n) is 14.3. The molecular formula is C29H46N2O3. The molecule has 0 spiro atoms. The van der Waals surface area contributed by atoms with E-state index in [-0.39, 0.29) is 0 Å². The zero-order valence-electron chi connectivity index (χ0n) is 21.5. The highest BCUT2D eigenvalue weighted by atomic mass is 16.5. The molecule has 4 saturated carbocycles. The summed E-state index contributed by atoms with van der Waals surface area (Å²) in [5.74, 6) is 6.29. The van der Waals surface area contributed by atoms with E-state index in [0.29, 0.717) is 17.2 Å².